The van der Waals surface area contributed by atoms with Gasteiger partial charge in [-0.3, -0.25) is 4.99 Å². The van der Waals surface area contributed by atoms with E-state index in [1.807, 2.05) is 18.3 Å². The number of aromatic nitrogens is 1. The highest BCUT2D eigenvalue weighted by molar-refractivity contribution is 5.86. The fraction of sp³-hybridized carbons (Fsp3) is 0.524. The molecule has 1 saturated carbocycles. The molecular formula is C42H55N5O5. The number of aromatic amines is 1. The number of aliphatic imine (C=N–C) groups is 1. The molecule has 2 aliphatic carbocycles. The molecule has 3 aromatic rings. The summed E-state index contributed by atoms with van der Waals surface area (Å²) in [7, 11) is 0. The average Bonchev–Trinajstić information content (AvgIpc) is 3.66. The molecule has 6 rings (SSSR count). The third-order valence-corrected chi connectivity index (χ3v) is 11.9. The van der Waals surface area contributed by atoms with Crippen LogP contribution in [0.5, 0.6) is 0 Å². The minimum Gasteiger partial charge on any atom is -0.478 e. The molecule has 1 aromatic heterocycles. The van der Waals surface area contributed by atoms with Crippen LogP contribution in [0.2, 0.25) is 0 Å². The Morgan fingerprint density at radius 2 is 1.83 bits per heavy atom. The summed E-state index contributed by atoms with van der Waals surface area (Å²) < 4.78 is 0. The summed E-state index contributed by atoms with van der Waals surface area (Å²) in [6.45, 7) is 0.661. The number of aliphatic hydroxyl groups is 1. The molecule has 10 heteroatoms. The second-order valence-electron chi connectivity index (χ2n) is 15.2. The van der Waals surface area contributed by atoms with Gasteiger partial charge < -0.3 is 41.2 Å². The van der Waals surface area contributed by atoms with Gasteiger partial charge in [0.25, 0.3) is 0 Å². The number of aldehydes is 2. The van der Waals surface area contributed by atoms with E-state index in [1.54, 1.807) is 0 Å². The lowest BCUT2D eigenvalue weighted by molar-refractivity contribution is -0.131. The first-order valence-electron chi connectivity index (χ1n) is 19.4. The Balaban J connectivity index is 1.33. The number of nitrogens with zero attached hydrogens (tertiary/aromatic N) is 1. The van der Waals surface area contributed by atoms with Crippen molar-refractivity contribution in [3.8, 4) is 0 Å². The standard InChI is InChI=1S/C42H55N5O5/c43-42-45-18-15-38(46-42)37(25-40(51)52)41(47-39-10-5-17-44-39)33-14-13-30-23-35(33)32(9-4-2-1-3-7-28(26-50)8-6-19-48)36-24-31-21-27(16-20-49)11-12-29(31)22-34(30)36/h5,10-12,17,20-22,24-26,28,30,32-33,35,38,41,44,47-48H,1-4,6-9,13-16,18-19,23H2,(H,51,52)(H3,43,45,46). The van der Waals surface area contributed by atoms with E-state index in [1.165, 1.54) is 22.6 Å². The van der Waals surface area contributed by atoms with Crippen molar-refractivity contribution < 1.29 is 24.6 Å². The van der Waals surface area contributed by atoms with Gasteiger partial charge in [0.2, 0.25) is 0 Å². The molecule has 10 nitrogen and oxygen atoms in total. The number of carbonyl (C=O) groups is 3. The van der Waals surface area contributed by atoms with Crippen molar-refractivity contribution in [3.05, 3.63) is 77.0 Å². The van der Waals surface area contributed by atoms with Crippen molar-refractivity contribution in [1.29, 1.82) is 0 Å². The lowest BCUT2D eigenvalue weighted by Gasteiger charge is -2.50. The zero-order valence-electron chi connectivity index (χ0n) is 30.1. The highest BCUT2D eigenvalue weighted by Crippen LogP contribution is 2.56. The van der Waals surface area contributed by atoms with Crippen LogP contribution in [0.15, 0.2) is 65.3 Å². The lowest BCUT2D eigenvalue weighted by atomic mass is 9.56. The van der Waals surface area contributed by atoms with Crippen molar-refractivity contribution in [1.82, 2.24) is 10.3 Å². The number of nitrogens with two attached hydrogens (primary N) is 1. The van der Waals surface area contributed by atoms with E-state index in [0.717, 1.165) is 99.1 Å². The largest absolute Gasteiger partial charge is 0.478 e. The zero-order valence-corrected chi connectivity index (χ0v) is 30.1. The summed E-state index contributed by atoms with van der Waals surface area (Å²) in [4.78, 5) is 43.0. The van der Waals surface area contributed by atoms with Gasteiger partial charge in [-0.2, -0.15) is 0 Å². The Labute approximate surface area is 306 Å². The Hall–Kier alpha value is -4.44. The summed E-state index contributed by atoms with van der Waals surface area (Å²) >= 11 is 0. The van der Waals surface area contributed by atoms with Crippen LogP contribution in [-0.4, -0.2) is 64.9 Å². The molecule has 3 aliphatic rings. The van der Waals surface area contributed by atoms with E-state index >= 15 is 0 Å². The highest BCUT2D eigenvalue weighted by atomic mass is 16.4. The maximum absolute atomic E-state index is 12.5. The van der Waals surface area contributed by atoms with Gasteiger partial charge in [0.15, 0.2) is 5.96 Å². The molecule has 1 aliphatic heterocycles. The van der Waals surface area contributed by atoms with Crippen LogP contribution >= 0.6 is 0 Å². The summed E-state index contributed by atoms with van der Waals surface area (Å²) in [5, 5.41) is 28.8. The number of hydrogen-bond donors (Lipinski definition) is 6. The van der Waals surface area contributed by atoms with Crippen LogP contribution in [-0.2, 0) is 20.8 Å². The van der Waals surface area contributed by atoms with E-state index in [2.05, 4.69) is 50.9 Å². The van der Waals surface area contributed by atoms with Gasteiger partial charge in [0, 0.05) is 37.8 Å². The smallest absolute Gasteiger partial charge is 0.328 e. The number of unbranched alkanes of at least 4 members (excludes halogenated alkanes) is 3. The third-order valence-electron chi connectivity index (χ3n) is 11.9. The zero-order chi connectivity index (χ0) is 36.5. The second kappa shape index (κ2) is 17.9. The van der Waals surface area contributed by atoms with Crippen LogP contribution in [0.4, 0.5) is 5.82 Å². The van der Waals surface area contributed by atoms with Gasteiger partial charge in [0.05, 0.1) is 12.1 Å². The Morgan fingerprint density at radius 1 is 1.00 bits per heavy atom. The molecule has 2 heterocycles. The Bertz CT molecular complexity index is 1740. The van der Waals surface area contributed by atoms with E-state index in [0.29, 0.717) is 43.6 Å². The monoisotopic (exact) mass is 709 g/mol. The van der Waals surface area contributed by atoms with Crippen LogP contribution in [0.25, 0.3) is 10.8 Å². The first-order chi connectivity index (χ1) is 25.4. The number of carboxylic acid groups (broad SMARTS) is 1. The van der Waals surface area contributed by atoms with Gasteiger partial charge in [-0.05, 0) is 120 Å². The minimum atomic E-state index is -0.971. The maximum Gasteiger partial charge on any atom is 0.328 e. The maximum atomic E-state index is 12.5. The molecule has 2 bridgehead atoms. The Morgan fingerprint density at radius 3 is 2.58 bits per heavy atom. The summed E-state index contributed by atoms with van der Waals surface area (Å²) in [6.07, 6.45) is 16.9. The first-order valence-corrected chi connectivity index (χ1v) is 19.4. The topological polar surface area (TPSA) is 170 Å². The average molecular weight is 710 g/mol. The number of rotatable bonds is 19. The highest BCUT2D eigenvalue weighted by Gasteiger charge is 2.46. The molecule has 0 amide bonds. The molecule has 0 spiro atoms. The second-order valence-corrected chi connectivity index (χ2v) is 15.2. The summed E-state index contributed by atoms with van der Waals surface area (Å²) in [5.74, 6) is 1.45. The molecule has 1 fully saturated rings. The van der Waals surface area contributed by atoms with Crippen molar-refractivity contribution in [2.75, 3.05) is 18.5 Å². The fourth-order valence-corrected chi connectivity index (χ4v) is 9.46. The minimum absolute atomic E-state index is 0.0205. The number of H-pyrrole nitrogens is 1. The SMILES string of the molecule is NC1=NCCC(C(=CC(=O)O)C(Nc2ccc[nH]2)C2CCC3CC2C(CCCCCCC(C=O)CCCO)c2cc4cc(CC=O)ccc4cc23)N1. The number of aliphatic carboxylic acids is 1. The van der Waals surface area contributed by atoms with Gasteiger partial charge in [-0.25, -0.2) is 4.79 Å². The van der Waals surface area contributed by atoms with Gasteiger partial charge >= 0.3 is 5.97 Å². The van der Waals surface area contributed by atoms with E-state index in [4.69, 9.17) is 5.73 Å². The fourth-order valence-electron chi connectivity index (χ4n) is 9.46. The molecule has 7 atom stereocenters. The predicted molar refractivity (Wildman–Crippen MR) is 206 cm³/mol. The quantitative estimate of drug-likeness (QED) is 0.0459. The number of carboxylic acids is 1. The van der Waals surface area contributed by atoms with Crippen LogP contribution in [0.3, 0.4) is 0 Å². The van der Waals surface area contributed by atoms with Crippen molar-refractivity contribution in [2.24, 2.45) is 28.5 Å². The van der Waals surface area contributed by atoms with Crippen molar-refractivity contribution in [3.63, 3.8) is 0 Å². The van der Waals surface area contributed by atoms with Crippen LogP contribution in [0.1, 0.15) is 106 Å². The van der Waals surface area contributed by atoms with Crippen molar-refractivity contribution >= 4 is 41.1 Å². The normalized spacial score (nSPS) is 23.9. The first kappa shape index (κ1) is 37.3. The van der Waals surface area contributed by atoms with E-state index in [9.17, 15) is 24.6 Å². The third kappa shape index (κ3) is 8.95. The molecule has 278 valence electrons. The molecule has 0 radical (unpaired) electrons. The number of carbonyl (C=O) groups excluding carboxylic acids is 2. The Kier molecular flexibility index (Phi) is 12.8. The molecule has 52 heavy (non-hydrogen) atoms. The summed E-state index contributed by atoms with van der Waals surface area (Å²) in [6, 6.07) is 14.6. The molecule has 7 N–H and O–H groups in total. The van der Waals surface area contributed by atoms with E-state index < -0.39 is 5.97 Å². The van der Waals surface area contributed by atoms with Crippen LogP contribution in [0, 0.1) is 17.8 Å². The molecule has 7 unspecified atom stereocenters. The van der Waals surface area contributed by atoms with Gasteiger partial charge in [-0.15, -0.1) is 0 Å². The van der Waals surface area contributed by atoms with Gasteiger partial charge in [-0.1, -0.05) is 56.0 Å². The number of aliphatic hydroxyl groups excluding tert-OH is 1. The molecular weight excluding hydrogens is 654 g/mol. The number of guanidine groups is 1. The number of hydrogen-bond acceptors (Lipinski definition) is 8. The molecule has 0 saturated heterocycles. The van der Waals surface area contributed by atoms with Gasteiger partial charge in [0.1, 0.15) is 18.4 Å². The van der Waals surface area contributed by atoms with Crippen LogP contribution < -0.4 is 16.4 Å². The number of anilines is 1. The lowest BCUT2D eigenvalue weighted by Crippen LogP contribution is -2.51. The number of nitrogens with one attached hydrogen (secondary N) is 3. The predicted octanol–water partition coefficient (Wildman–Crippen LogP) is 6.60. The summed E-state index contributed by atoms with van der Waals surface area (Å²) in [5.41, 5.74) is 10.8. The van der Waals surface area contributed by atoms with E-state index in [-0.39, 0.29) is 36.4 Å². The van der Waals surface area contributed by atoms with Crippen molar-refractivity contribution in [2.45, 2.75) is 107 Å². The molecule has 2 aromatic carbocycles. The number of fused-ring (bicyclic) bond motifs is 5. The number of benzene rings is 2.